The van der Waals surface area contributed by atoms with Crippen molar-refractivity contribution in [1.29, 1.82) is 0 Å². The molecule has 0 aromatic carbocycles. The number of amides is 1. The van der Waals surface area contributed by atoms with E-state index in [-0.39, 0.29) is 13.1 Å². The highest BCUT2D eigenvalue weighted by Gasteiger charge is 2.39. The first kappa shape index (κ1) is 10.1. The number of rotatable bonds is 2. The third-order valence-corrected chi connectivity index (χ3v) is 1.58. The molecule has 0 aromatic heterocycles. The lowest BCUT2D eigenvalue weighted by Crippen LogP contribution is -2.35. The number of hydrogen-bond donors (Lipinski definition) is 1. The van der Waals surface area contributed by atoms with Crippen LogP contribution in [0.3, 0.4) is 0 Å². The lowest BCUT2D eigenvalue weighted by atomic mass is 10.3. The summed E-state index contributed by atoms with van der Waals surface area (Å²) < 4.78 is 40.0. The summed E-state index contributed by atoms with van der Waals surface area (Å²) in [5.74, 6) is 0. The van der Waals surface area contributed by atoms with E-state index in [9.17, 15) is 18.0 Å². The zero-order valence-corrected chi connectivity index (χ0v) is 6.67. The molecule has 1 atom stereocenters. The van der Waals surface area contributed by atoms with Gasteiger partial charge < -0.3 is 10.5 Å². The summed E-state index contributed by atoms with van der Waals surface area (Å²) in [5, 5.41) is 0. The number of ether oxygens (including phenoxy) is 1. The van der Waals surface area contributed by atoms with Gasteiger partial charge in [0.2, 0.25) is 0 Å². The van der Waals surface area contributed by atoms with Gasteiger partial charge in [-0.1, -0.05) is 0 Å². The van der Waals surface area contributed by atoms with E-state index in [2.05, 4.69) is 4.74 Å². The van der Waals surface area contributed by atoms with Crippen molar-refractivity contribution in [2.24, 2.45) is 5.73 Å². The summed E-state index contributed by atoms with van der Waals surface area (Å²) >= 11 is 0. The van der Waals surface area contributed by atoms with Crippen molar-refractivity contribution >= 4 is 6.09 Å². The molecule has 1 fully saturated rings. The average molecular weight is 198 g/mol. The van der Waals surface area contributed by atoms with Crippen molar-refractivity contribution in [3.8, 4) is 0 Å². The minimum absolute atomic E-state index is 0.0418. The van der Waals surface area contributed by atoms with Crippen LogP contribution in [0.1, 0.15) is 0 Å². The fraction of sp³-hybridized carbons (Fsp3) is 0.833. The van der Waals surface area contributed by atoms with E-state index in [0.29, 0.717) is 4.90 Å². The highest BCUT2D eigenvalue weighted by Crippen LogP contribution is 2.20. The number of hydrogen-bond acceptors (Lipinski definition) is 3. The Hall–Kier alpha value is -0.980. The molecule has 1 saturated heterocycles. The molecule has 7 heteroatoms. The fourth-order valence-electron chi connectivity index (χ4n) is 1.04. The van der Waals surface area contributed by atoms with Crippen molar-refractivity contribution < 1.29 is 22.7 Å². The van der Waals surface area contributed by atoms with Crippen molar-refractivity contribution in [2.75, 3.05) is 19.6 Å². The van der Waals surface area contributed by atoms with E-state index in [0.717, 1.165) is 0 Å². The standard InChI is InChI=1S/C6H9F3N2O2/c7-6(8,9)3-11-2-4(1-10)13-5(11)12/h4H,1-3,10H2. The SMILES string of the molecule is NCC1CN(CC(F)(F)F)C(=O)O1. The van der Waals surface area contributed by atoms with Crippen molar-refractivity contribution in [1.82, 2.24) is 4.90 Å². The van der Waals surface area contributed by atoms with Crippen LogP contribution in [0.4, 0.5) is 18.0 Å². The van der Waals surface area contributed by atoms with Crippen LogP contribution in [-0.2, 0) is 4.74 Å². The Morgan fingerprint density at radius 1 is 1.62 bits per heavy atom. The first-order chi connectivity index (χ1) is 5.92. The smallest absolute Gasteiger partial charge is 0.410 e. The highest BCUT2D eigenvalue weighted by molar-refractivity contribution is 5.69. The van der Waals surface area contributed by atoms with Crippen LogP contribution in [0.15, 0.2) is 0 Å². The van der Waals surface area contributed by atoms with Crippen LogP contribution in [-0.4, -0.2) is 42.9 Å². The fourth-order valence-corrected chi connectivity index (χ4v) is 1.04. The number of carbonyl (C=O) groups is 1. The molecule has 13 heavy (non-hydrogen) atoms. The van der Waals surface area contributed by atoms with Gasteiger partial charge in [-0.2, -0.15) is 13.2 Å². The third-order valence-electron chi connectivity index (χ3n) is 1.58. The first-order valence-corrected chi connectivity index (χ1v) is 3.65. The van der Waals surface area contributed by atoms with Gasteiger partial charge in [-0.05, 0) is 0 Å². The molecule has 1 aliphatic heterocycles. The summed E-state index contributed by atoms with van der Waals surface area (Å²) in [6.45, 7) is -1.32. The maximum Gasteiger partial charge on any atom is 0.410 e. The zero-order valence-electron chi connectivity index (χ0n) is 6.67. The van der Waals surface area contributed by atoms with E-state index in [1.807, 2.05) is 0 Å². The second-order valence-corrected chi connectivity index (χ2v) is 2.74. The number of carbonyl (C=O) groups excluding carboxylic acids is 1. The topological polar surface area (TPSA) is 55.6 Å². The minimum Gasteiger partial charge on any atom is -0.443 e. The Balaban J connectivity index is 2.49. The predicted molar refractivity (Wildman–Crippen MR) is 37.0 cm³/mol. The lowest BCUT2D eigenvalue weighted by molar-refractivity contribution is -0.138. The van der Waals surface area contributed by atoms with E-state index < -0.39 is 24.9 Å². The van der Waals surface area contributed by atoms with Gasteiger partial charge in [0.15, 0.2) is 0 Å². The van der Waals surface area contributed by atoms with E-state index in [1.54, 1.807) is 0 Å². The van der Waals surface area contributed by atoms with Crippen LogP contribution >= 0.6 is 0 Å². The molecule has 0 bridgehead atoms. The molecule has 2 N–H and O–H groups in total. The van der Waals surface area contributed by atoms with Crippen LogP contribution in [0.2, 0.25) is 0 Å². The highest BCUT2D eigenvalue weighted by atomic mass is 19.4. The molecule has 0 aliphatic carbocycles. The van der Waals surface area contributed by atoms with Crippen LogP contribution in [0.25, 0.3) is 0 Å². The van der Waals surface area contributed by atoms with Crippen LogP contribution in [0.5, 0.6) is 0 Å². The summed E-state index contributed by atoms with van der Waals surface area (Å²) in [6.07, 6.45) is -5.95. The van der Waals surface area contributed by atoms with Crippen LogP contribution < -0.4 is 5.73 Å². The molecule has 0 radical (unpaired) electrons. The summed E-state index contributed by atoms with van der Waals surface area (Å²) in [5.41, 5.74) is 5.14. The Morgan fingerprint density at radius 2 is 2.23 bits per heavy atom. The minimum atomic E-state index is -4.39. The monoisotopic (exact) mass is 198 g/mol. The maximum absolute atomic E-state index is 11.8. The van der Waals surface area contributed by atoms with Crippen molar-refractivity contribution in [3.63, 3.8) is 0 Å². The number of cyclic esters (lactones) is 1. The van der Waals surface area contributed by atoms with Gasteiger partial charge in [0.25, 0.3) is 0 Å². The molecule has 1 heterocycles. The average Bonchev–Trinajstić information content (AvgIpc) is 2.29. The molecule has 1 amide bonds. The first-order valence-electron chi connectivity index (χ1n) is 3.65. The van der Waals surface area contributed by atoms with Gasteiger partial charge in [0.1, 0.15) is 12.6 Å². The zero-order chi connectivity index (χ0) is 10.1. The molecule has 76 valence electrons. The van der Waals surface area contributed by atoms with Crippen molar-refractivity contribution in [3.05, 3.63) is 0 Å². The molecular weight excluding hydrogens is 189 g/mol. The van der Waals surface area contributed by atoms with E-state index in [1.165, 1.54) is 0 Å². The summed E-state index contributed by atoms with van der Waals surface area (Å²) in [4.78, 5) is 11.4. The molecule has 1 rings (SSSR count). The molecule has 1 aliphatic rings. The largest absolute Gasteiger partial charge is 0.443 e. The van der Waals surface area contributed by atoms with Gasteiger partial charge in [-0.15, -0.1) is 0 Å². The van der Waals surface area contributed by atoms with E-state index in [4.69, 9.17) is 5.73 Å². The summed E-state index contributed by atoms with van der Waals surface area (Å²) in [6, 6.07) is 0. The Kier molecular flexibility index (Phi) is 2.65. The Morgan fingerprint density at radius 3 is 2.62 bits per heavy atom. The van der Waals surface area contributed by atoms with Gasteiger partial charge in [0.05, 0.1) is 6.54 Å². The molecule has 0 saturated carbocycles. The Labute approximate surface area is 72.4 Å². The molecule has 1 unspecified atom stereocenters. The number of nitrogens with two attached hydrogens (primary N) is 1. The quantitative estimate of drug-likeness (QED) is 0.695. The maximum atomic E-state index is 11.8. The number of halogens is 3. The summed E-state index contributed by atoms with van der Waals surface area (Å²) in [7, 11) is 0. The number of alkyl halides is 3. The predicted octanol–water partition coefficient (Wildman–Crippen LogP) is 0.328. The second kappa shape index (κ2) is 3.41. The van der Waals surface area contributed by atoms with Gasteiger partial charge in [-0.25, -0.2) is 4.79 Å². The Bertz CT molecular complexity index is 207. The second-order valence-electron chi connectivity index (χ2n) is 2.74. The normalized spacial score (nSPS) is 23.5. The van der Waals surface area contributed by atoms with Gasteiger partial charge in [-0.3, -0.25) is 4.90 Å². The lowest BCUT2D eigenvalue weighted by Gasteiger charge is -2.14. The number of nitrogens with zero attached hydrogens (tertiary/aromatic N) is 1. The molecule has 0 spiro atoms. The third kappa shape index (κ3) is 2.76. The van der Waals surface area contributed by atoms with Gasteiger partial charge in [0, 0.05) is 6.54 Å². The molecular formula is C6H9F3N2O2. The van der Waals surface area contributed by atoms with Crippen LogP contribution in [0, 0.1) is 0 Å². The molecule has 0 aromatic rings. The van der Waals surface area contributed by atoms with Crippen molar-refractivity contribution in [2.45, 2.75) is 12.3 Å². The van der Waals surface area contributed by atoms with E-state index >= 15 is 0 Å². The molecule has 4 nitrogen and oxygen atoms in total. The van der Waals surface area contributed by atoms with Gasteiger partial charge >= 0.3 is 12.3 Å².